The Bertz CT molecular complexity index is 691. The normalized spacial score (nSPS) is 44.5. The highest BCUT2D eigenvalue weighted by Gasteiger charge is 2.60. The van der Waals surface area contributed by atoms with Crippen molar-refractivity contribution >= 4 is 5.97 Å². The van der Waals surface area contributed by atoms with Gasteiger partial charge in [0.2, 0.25) is 0 Å². The molecule has 0 radical (unpaired) electrons. The number of fused-ring (bicyclic) bond motifs is 5. The molecule has 0 amide bonds. The van der Waals surface area contributed by atoms with Crippen molar-refractivity contribution in [2.24, 2.45) is 46.3 Å². The Morgan fingerprint density at radius 1 is 0.939 bits per heavy atom. The van der Waals surface area contributed by atoms with E-state index in [1.165, 1.54) is 44.9 Å². The zero-order valence-electron chi connectivity index (χ0n) is 22.1. The lowest BCUT2D eigenvalue weighted by atomic mass is 9.44. The van der Waals surface area contributed by atoms with Crippen LogP contribution in [0.4, 0.5) is 0 Å². The molecule has 0 heterocycles. The molecule has 1 N–H and O–H groups in total. The molecule has 0 aliphatic heterocycles. The second kappa shape index (κ2) is 9.80. The molecule has 4 nitrogen and oxygen atoms in total. The van der Waals surface area contributed by atoms with Gasteiger partial charge >= 0.3 is 5.97 Å². The molecule has 0 aromatic carbocycles. The van der Waals surface area contributed by atoms with Gasteiger partial charge in [0, 0.05) is 6.42 Å². The Hall–Kier alpha value is -0.610. The third kappa shape index (κ3) is 4.90. The minimum absolute atomic E-state index is 0.0585. The van der Waals surface area contributed by atoms with E-state index in [2.05, 4.69) is 20.8 Å². The lowest BCUT2D eigenvalue weighted by Gasteiger charge is -2.61. The molecule has 4 rings (SSSR count). The second-order valence-electron chi connectivity index (χ2n) is 13.1. The van der Waals surface area contributed by atoms with Gasteiger partial charge in [-0.25, -0.2) is 0 Å². The number of carbonyl (C=O) groups excluding carboxylic acids is 1. The number of esters is 1. The molecule has 4 fully saturated rings. The van der Waals surface area contributed by atoms with Gasteiger partial charge < -0.3 is 14.6 Å². The van der Waals surface area contributed by atoms with E-state index in [-0.39, 0.29) is 18.2 Å². The molecule has 190 valence electrons. The first-order chi connectivity index (χ1) is 15.5. The SMILES string of the molecule is CC(C)OC(C)OC(=O)CCC(C)C1CCC2C3CCC4CC(O)CCC4(C)C3CCC12C. The lowest BCUT2D eigenvalue weighted by molar-refractivity contribution is -0.182. The largest absolute Gasteiger partial charge is 0.436 e. The Morgan fingerprint density at radius 2 is 1.64 bits per heavy atom. The maximum atomic E-state index is 12.4. The van der Waals surface area contributed by atoms with Crippen LogP contribution >= 0.6 is 0 Å². The van der Waals surface area contributed by atoms with Crippen LogP contribution in [-0.4, -0.2) is 29.6 Å². The summed E-state index contributed by atoms with van der Waals surface area (Å²) >= 11 is 0. The first kappa shape index (κ1) is 25.5. The zero-order chi connectivity index (χ0) is 24.0. The molecule has 0 saturated heterocycles. The summed E-state index contributed by atoms with van der Waals surface area (Å²) in [4.78, 5) is 12.4. The number of ether oxygens (including phenoxy) is 2. The van der Waals surface area contributed by atoms with E-state index in [0.29, 0.717) is 23.2 Å². The van der Waals surface area contributed by atoms with Gasteiger partial charge in [-0.2, -0.15) is 0 Å². The molecular weight excluding hydrogens is 412 g/mol. The summed E-state index contributed by atoms with van der Waals surface area (Å²) in [5.74, 6) is 4.46. The molecule has 0 bridgehead atoms. The molecule has 0 spiro atoms. The van der Waals surface area contributed by atoms with Crippen molar-refractivity contribution in [3.05, 3.63) is 0 Å². The third-order valence-corrected chi connectivity index (χ3v) is 11.0. The third-order valence-electron chi connectivity index (χ3n) is 11.0. The summed E-state index contributed by atoms with van der Waals surface area (Å²) in [6.45, 7) is 13.3. The lowest BCUT2D eigenvalue weighted by Crippen LogP contribution is -2.54. The summed E-state index contributed by atoms with van der Waals surface area (Å²) in [5, 5.41) is 10.3. The molecule has 10 atom stereocenters. The van der Waals surface area contributed by atoms with Crippen molar-refractivity contribution in [2.45, 2.75) is 131 Å². The van der Waals surface area contributed by atoms with Crippen LogP contribution in [0.5, 0.6) is 0 Å². The predicted molar refractivity (Wildman–Crippen MR) is 131 cm³/mol. The Labute approximate surface area is 202 Å². The van der Waals surface area contributed by atoms with Crippen molar-refractivity contribution < 1.29 is 19.4 Å². The van der Waals surface area contributed by atoms with Crippen LogP contribution in [0.1, 0.15) is 112 Å². The van der Waals surface area contributed by atoms with Crippen LogP contribution in [0.2, 0.25) is 0 Å². The maximum absolute atomic E-state index is 12.4. The van der Waals surface area contributed by atoms with Gasteiger partial charge in [0.25, 0.3) is 0 Å². The molecule has 0 aromatic heterocycles. The number of aliphatic hydroxyl groups is 1. The zero-order valence-corrected chi connectivity index (χ0v) is 22.1. The molecule has 4 aliphatic carbocycles. The smallest absolute Gasteiger partial charge is 0.308 e. The van der Waals surface area contributed by atoms with Crippen molar-refractivity contribution in [1.82, 2.24) is 0 Å². The first-order valence-corrected chi connectivity index (χ1v) is 14.1. The molecule has 10 unspecified atom stereocenters. The van der Waals surface area contributed by atoms with Gasteiger partial charge in [-0.3, -0.25) is 4.79 Å². The second-order valence-corrected chi connectivity index (χ2v) is 13.1. The summed E-state index contributed by atoms with van der Waals surface area (Å²) in [7, 11) is 0. The molecule has 4 saturated carbocycles. The van der Waals surface area contributed by atoms with Crippen LogP contribution in [0.3, 0.4) is 0 Å². The highest BCUT2D eigenvalue weighted by molar-refractivity contribution is 5.69. The van der Waals surface area contributed by atoms with Gasteiger partial charge in [0.05, 0.1) is 12.2 Å². The van der Waals surface area contributed by atoms with Crippen LogP contribution in [0, 0.1) is 46.3 Å². The van der Waals surface area contributed by atoms with E-state index in [4.69, 9.17) is 9.47 Å². The van der Waals surface area contributed by atoms with Crippen molar-refractivity contribution in [2.75, 3.05) is 0 Å². The number of hydrogen-bond donors (Lipinski definition) is 1. The predicted octanol–water partition coefficient (Wildman–Crippen LogP) is 6.74. The van der Waals surface area contributed by atoms with Gasteiger partial charge in [-0.05, 0) is 131 Å². The fourth-order valence-electron chi connectivity index (χ4n) is 9.41. The summed E-state index contributed by atoms with van der Waals surface area (Å²) in [5.41, 5.74) is 0.877. The van der Waals surface area contributed by atoms with E-state index in [1.807, 2.05) is 20.8 Å². The number of aliphatic hydroxyl groups excluding tert-OH is 1. The number of carbonyl (C=O) groups is 1. The minimum atomic E-state index is -0.464. The van der Waals surface area contributed by atoms with Crippen molar-refractivity contribution in [3.8, 4) is 0 Å². The highest BCUT2D eigenvalue weighted by Crippen LogP contribution is 2.68. The summed E-state index contributed by atoms with van der Waals surface area (Å²) < 4.78 is 11.0. The van der Waals surface area contributed by atoms with Crippen molar-refractivity contribution in [3.63, 3.8) is 0 Å². The van der Waals surface area contributed by atoms with Crippen molar-refractivity contribution in [1.29, 1.82) is 0 Å². The molecule has 4 heteroatoms. The van der Waals surface area contributed by atoms with Gasteiger partial charge in [-0.15, -0.1) is 0 Å². The van der Waals surface area contributed by atoms with Crippen LogP contribution in [-0.2, 0) is 14.3 Å². The summed E-state index contributed by atoms with van der Waals surface area (Å²) in [6, 6.07) is 0. The quantitative estimate of drug-likeness (QED) is 0.336. The molecule has 0 aromatic rings. The van der Waals surface area contributed by atoms with E-state index in [9.17, 15) is 9.90 Å². The van der Waals surface area contributed by atoms with E-state index in [0.717, 1.165) is 48.9 Å². The van der Waals surface area contributed by atoms with E-state index >= 15 is 0 Å². The highest BCUT2D eigenvalue weighted by atomic mass is 16.7. The standard InChI is InChI=1S/C29H50O4/c1-18(2)32-20(4)33-27(31)12-7-19(3)24-10-11-25-23-9-8-21-17-22(30)13-15-28(21,5)26(23)14-16-29(24,25)6/h18-26,30H,7-17H2,1-6H3. The Morgan fingerprint density at radius 3 is 2.36 bits per heavy atom. The Kier molecular flexibility index (Phi) is 7.57. The molecule has 4 aliphatic rings. The maximum Gasteiger partial charge on any atom is 0.308 e. The average molecular weight is 463 g/mol. The topological polar surface area (TPSA) is 55.8 Å². The monoisotopic (exact) mass is 462 g/mol. The fraction of sp³-hybridized carbons (Fsp3) is 0.966. The molecular formula is C29H50O4. The number of hydrogen-bond acceptors (Lipinski definition) is 4. The van der Waals surface area contributed by atoms with Crippen LogP contribution in [0.15, 0.2) is 0 Å². The van der Waals surface area contributed by atoms with Gasteiger partial charge in [0.15, 0.2) is 6.29 Å². The molecule has 33 heavy (non-hydrogen) atoms. The summed E-state index contributed by atoms with van der Waals surface area (Å²) in [6.07, 6.45) is 12.4. The number of rotatable bonds is 7. The van der Waals surface area contributed by atoms with E-state index in [1.54, 1.807) is 0 Å². The average Bonchev–Trinajstić information content (AvgIpc) is 3.09. The van der Waals surface area contributed by atoms with E-state index < -0.39 is 6.29 Å². The fourth-order valence-corrected chi connectivity index (χ4v) is 9.41. The van der Waals surface area contributed by atoms with Gasteiger partial charge in [-0.1, -0.05) is 20.8 Å². The first-order valence-electron chi connectivity index (χ1n) is 14.1. The van der Waals surface area contributed by atoms with Gasteiger partial charge in [0.1, 0.15) is 0 Å². The minimum Gasteiger partial charge on any atom is -0.436 e. The van der Waals surface area contributed by atoms with Crippen LogP contribution in [0.25, 0.3) is 0 Å². The Balaban J connectivity index is 1.36. The van der Waals surface area contributed by atoms with Crippen LogP contribution < -0.4 is 0 Å².